The summed E-state index contributed by atoms with van der Waals surface area (Å²) in [7, 11) is -2.26. The van der Waals surface area contributed by atoms with Gasteiger partial charge in [-0.3, -0.25) is 9.10 Å². The second-order valence-electron chi connectivity index (χ2n) is 6.65. The number of nitrogens with one attached hydrogen (secondary N) is 1. The number of aryl methyl sites for hydroxylation is 1. The number of sulfonamides is 1. The molecule has 150 valence electrons. The molecule has 0 spiro atoms. The molecule has 0 aromatic heterocycles. The molecule has 29 heavy (non-hydrogen) atoms. The Bertz CT molecular complexity index is 1160. The zero-order valence-electron chi connectivity index (χ0n) is 16.3. The van der Waals surface area contributed by atoms with E-state index in [1.807, 2.05) is 6.92 Å². The minimum atomic E-state index is -3.74. The van der Waals surface area contributed by atoms with Crippen LogP contribution in [0.3, 0.4) is 0 Å². The Morgan fingerprint density at radius 2 is 1.66 bits per heavy atom. The maximum atomic E-state index is 12.9. The second kappa shape index (κ2) is 8.27. The Morgan fingerprint density at radius 3 is 2.34 bits per heavy atom. The van der Waals surface area contributed by atoms with Crippen LogP contribution in [0.2, 0.25) is 5.02 Å². The lowest BCUT2D eigenvalue weighted by Crippen LogP contribution is -2.27. The maximum absolute atomic E-state index is 12.9. The van der Waals surface area contributed by atoms with Crippen LogP contribution in [0.25, 0.3) is 0 Å². The van der Waals surface area contributed by atoms with Gasteiger partial charge in [-0.25, -0.2) is 8.42 Å². The van der Waals surface area contributed by atoms with Gasteiger partial charge in [-0.05, 0) is 61.4 Å². The van der Waals surface area contributed by atoms with E-state index in [-0.39, 0.29) is 10.8 Å². The van der Waals surface area contributed by atoms with Gasteiger partial charge in [-0.15, -0.1) is 0 Å². The summed E-state index contributed by atoms with van der Waals surface area (Å²) < 4.78 is 27.1. The smallest absolute Gasteiger partial charge is 0.264 e. The normalized spacial score (nSPS) is 11.2. The molecule has 0 heterocycles. The molecule has 0 fully saturated rings. The fourth-order valence-electron chi connectivity index (χ4n) is 2.91. The highest BCUT2D eigenvalue weighted by molar-refractivity contribution is 7.92. The molecule has 0 aliphatic rings. The summed E-state index contributed by atoms with van der Waals surface area (Å²) >= 11 is 6.11. The maximum Gasteiger partial charge on any atom is 0.264 e. The van der Waals surface area contributed by atoms with Crippen LogP contribution < -0.4 is 9.62 Å². The summed E-state index contributed by atoms with van der Waals surface area (Å²) in [4.78, 5) is 12.9. The molecule has 0 bridgehead atoms. The minimum Gasteiger partial charge on any atom is -0.322 e. The zero-order chi connectivity index (χ0) is 21.2. The molecule has 0 aliphatic heterocycles. The number of anilines is 2. The third kappa shape index (κ3) is 4.28. The Hall–Kier alpha value is -2.83. The van der Waals surface area contributed by atoms with Gasteiger partial charge in [0, 0.05) is 23.3 Å². The number of benzene rings is 3. The number of hydrogen-bond donors (Lipinski definition) is 1. The summed E-state index contributed by atoms with van der Waals surface area (Å²) in [6.45, 7) is 3.62. The quantitative estimate of drug-likeness (QED) is 0.619. The van der Waals surface area contributed by atoms with Gasteiger partial charge in [0.2, 0.25) is 0 Å². The lowest BCUT2D eigenvalue weighted by Gasteiger charge is -2.22. The van der Waals surface area contributed by atoms with Crippen molar-refractivity contribution in [3.8, 4) is 0 Å². The number of halogens is 1. The highest BCUT2D eigenvalue weighted by Gasteiger charge is 2.23. The molecule has 1 amide bonds. The Labute approximate surface area is 176 Å². The van der Waals surface area contributed by atoms with Gasteiger partial charge in [0.25, 0.3) is 15.9 Å². The average molecular weight is 429 g/mol. The summed E-state index contributed by atoms with van der Waals surface area (Å²) in [5.41, 5.74) is 2.89. The summed E-state index contributed by atoms with van der Waals surface area (Å²) in [6, 6.07) is 18.4. The number of carbonyl (C=O) groups is 1. The molecule has 0 unspecified atom stereocenters. The molecule has 0 atom stereocenters. The van der Waals surface area contributed by atoms with Crippen LogP contribution in [0.15, 0.2) is 71.6 Å². The van der Waals surface area contributed by atoms with E-state index in [9.17, 15) is 13.2 Å². The minimum absolute atomic E-state index is 0.186. The summed E-state index contributed by atoms with van der Waals surface area (Å²) in [5, 5.41) is 3.39. The molecule has 1 N–H and O–H groups in total. The summed E-state index contributed by atoms with van der Waals surface area (Å²) in [5.74, 6) is -0.345. The first-order chi connectivity index (χ1) is 13.7. The van der Waals surface area contributed by atoms with E-state index in [2.05, 4.69) is 5.32 Å². The van der Waals surface area contributed by atoms with Gasteiger partial charge in [0.05, 0.1) is 10.6 Å². The van der Waals surface area contributed by atoms with E-state index in [0.717, 1.165) is 11.1 Å². The number of amides is 1. The molecular weight excluding hydrogens is 408 g/mol. The zero-order valence-corrected chi connectivity index (χ0v) is 17.9. The van der Waals surface area contributed by atoms with Crippen molar-refractivity contribution in [1.29, 1.82) is 0 Å². The molecule has 0 saturated carbocycles. The second-order valence-corrected chi connectivity index (χ2v) is 9.03. The van der Waals surface area contributed by atoms with Gasteiger partial charge in [-0.2, -0.15) is 0 Å². The topological polar surface area (TPSA) is 66.5 Å². The summed E-state index contributed by atoms with van der Waals surface area (Å²) in [6.07, 6.45) is 0. The van der Waals surface area contributed by atoms with Crippen molar-refractivity contribution in [2.24, 2.45) is 0 Å². The highest BCUT2D eigenvalue weighted by Crippen LogP contribution is 2.28. The number of carbonyl (C=O) groups excluding carboxylic acids is 1. The predicted molar refractivity (Wildman–Crippen MR) is 117 cm³/mol. The van der Waals surface area contributed by atoms with Crippen LogP contribution in [0, 0.1) is 13.8 Å². The van der Waals surface area contributed by atoms with Gasteiger partial charge in [0.15, 0.2) is 0 Å². The van der Waals surface area contributed by atoms with Crippen LogP contribution in [-0.2, 0) is 10.0 Å². The lowest BCUT2D eigenvalue weighted by atomic mass is 10.1. The number of hydrogen-bond acceptors (Lipinski definition) is 3. The van der Waals surface area contributed by atoms with Crippen molar-refractivity contribution >= 4 is 38.9 Å². The van der Waals surface area contributed by atoms with Crippen LogP contribution in [0.4, 0.5) is 11.4 Å². The third-order valence-electron chi connectivity index (χ3n) is 4.73. The van der Waals surface area contributed by atoms with E-state index in [1.165, 1.54) is 11.4 Å². The standard InChI is InChI=1S/C22H21ClN2O3S/c1-15-12-13-17(22(26)24-20-11-7-10-19(23)16(20)2)14-21(15)25(3)29(27,28)18-8-5-4-6-9-18/h4-14H,1-3H3,(H,24,26). The Kier molecular flexibility index (Phi) is 5.96. The first-order valence-corrected chi connectivity index (χ1v) is 10.7. The fourth-order valence-corrected chi connectivity index (χ4v) is 4.35. The monoisotopic (exact) mass is 428 g/mol. The van der Waals surface area contributed by atoms with Crippen LogP contribution in [-0.4, -0.2) is 21.4 Å². The molecule has 0 radical (unpaired) electrons. The number of rotatable bonds is 5. The molecule has 0 saturated heterocycles. The van der Waals surface area contributed by atoms with Gasteiger partial charge in [0.1, 0.15) is 0 Å². The van der Waals surface area contributed by atoms with Gasteiger partial charge >= 0.3 is 0 Å². The van der Waals surface area contributed by atoms with E-state index in [0.29, 0.717) is 22.0 Å². The molecular formula is C22H21ClN2O3S. The fraction of sp³-hybridized carbons (Fsp3) is 0.136. The molecule has 7 heteroatoms. The van der Waals surface area contributed by atoms with Gasteiger partial charge < -0.3 is 5.32 Å². The lowest BCUT2D eigenvalue weighted by molar-refractivity contribution is 0.102. The average Bonchev–Trinajstić information content (AvgIpc) is 2.71. The highest BCUT2D eigenvalue weighted by atomic mass is 35.5. The first kappa shape index (κ1) is 20.9. The molecule has 3 aromatic carbocycles. The molecule has 0 aliphatic carbocycles. The third-order valence-corrected chi connectivity index (χ3v) is 6.92. The molecule has 3 rings (SSSR count). The van der Waals surface area contributed by atoms with E-state index < -0.39 is 10.0 Å². The Morgan fingerprint density at radius 1 is 0.966 bits per heavy atom. The van der Waals surface area contributed by atoms with Crippen molar-refractivity contribution in [2.75, 3.05) is 16.7 Å². The predicted octanol–water partition coefficient (Wildman–Crippen LogP) is 5.03. The van der Waals surface area contributed by atoms with E-state index >= 15 is 0 Å². The Balaban J connectivity index is 1.94. The van der Waals surface area contributed by atoms with Crippen molar-refractivity contribution < 1.29 is 13.2 Å². The van der Waals surface area contributed by atoms with Crippen molar-refractivity contribution in [3.05, 3.63) is 88.4 Å². The largest absolute Gasteiger partial charge is 0.322 e. The van der Waals surface area contributed by atoms with Crippen molar-refractivity contribution in [3.63, 3.8) is 0 Å². The van der Waals surface area contributed by atoms with Crippen LogP contribution in [0.5, 0.6) is 0 Å². The molecule has 5 nitrogen and oxygen atoms in total. The number of nitrogens with zero attached hydrogens (tertiary/aromatic N) is 1. The van der Waals surface area contributed by atoms with Crippen molar-refractivity contribution in [1.82, 2.24) is 0 Å². The van der Waals surface area contributed by atoms with Crippen molar-refractivity contribution in [2.45, 2.75) is 18.7 Å². The first-order valence-electron chi connectivity index (χ1n) is 8.93. The van der Waals surface area contributed by atoms with E-state index in [4.69, 9.17) is 11.6 Å². The van der Waals surface area contributed by atoms with Gasteiger partial charge in [-0.1, -0.05) is 41.9 Å². The SMILES string of the molecule is Cc1ccc(C(=O)Nc2cccc(Cl)c2C)cc1N(C)S(=O)(=O)c1ccccc1. The van der Waals surface area contributed by atoms with Crippen LogP contribution in [0.1, 0.15) is 21.5 Å². The van der Waals surface area contributed by atoms with E-state index in [1.54, 1.807) is 73.7 Å². The molecule has 3 aromatic rings. The van der Waals surface area contributed by atoms with Crippen LogP contribution >= 0.6 is 11.6 Å².